The van der Waals surface area contributed by atoms with Gasteiger partial charge in [-0.25, -0.2) is 4.98 Å². The van der Waals surface area contributed by atoms with E-state index in [1.165, 1.54) is 0 Å². The zero-order chi connectivity index (χ0) is 16.8. The highest BCUT2D eigenvalue weighted by Crippen LogP contribution is 2.28. The third-order valence-corrected chi connectivity index (χ3v) is 3.26. The maximum Gasteiger partial charge on any atom is 0.224 e. The predicted octanol–water partition coefficient (Wildman–Crippen LogP) is 4.13. The molecule has 2 aromatic rings. The maximum atomic E-state index is 11.7. The summed E-state index contributed by atoms with van der Waals surface area (Å²) in [6.45, 7) is 6.05. The van der Waals surface area contributed by atoms with E-state index in [0.717, 1.165) is 17.0 Å². The summed E-state index contributed by atoms with van der Waals surface area (Å²) in [5.74, 6) is 1.78. The number of anilines is 3. The van der Waals surface area contributed by atoms with Gasteiger partial charge in [0.2, 0.25) is 5.91 Å². The van der Waals surface area contributed by atoms with Crippen LogP contribution in [0.4, 0.5) is 17.2 Å². The number of benzene rings is 1. The molecule has 1 heterocycles. The molecule has 0 spiro atoms. The van der Waals surface area contributed by atoms with Crippen LogP contribution in [0.25, 0.3) is 0 Å². The van der Waals surface area contributed by atoms with Crippen LogP contribution in [0.2, 0.25) is 0 Å². The van der Waals surface area contributed by atoms with Gasteiger partial charge in [-0.2, -0.15) is 0 Å². The van der Waals surface area contributed by atoms with Gasteiger partial charge in [0.25, 0.3) is 0 Å². The van der Waals surface area contributed by atoms with Crippen LogP contribution in [0.3, 0.4) is 0 Å². The number of carbonyl (C=O) groups is 1. The zero-order valence-corrected chi connectivity index (χ0v) is 14.0. The van der Waals surface area contributed by atoms with E-state index in [0.29, 0.717) is 23.8 Å². The molecule has 0 saturated carbocycles. The van der Waals surface area contributed by atoms with Crippen molar-refractivity contribution in [2.24, 2.45) is 5.92 Å². The third kappa shape index (κ3) is 4.98. The molecule has 0 unspecified atom stereocenters. The summed E-state index contributed by atoms with van der Waals surface area (Å²) in [6.07, 6.45) is 2.14. The van der Waals surface area contributed by atoms with Crippen molar-refractivity contribution in [2.45, 2.75) is 27.2 Å². The minimum Gasteiger partial charge on any atom is -0.495 e. The molecule has 1 aromatic heterocycles. The molecule has 0 saturated heterocycles. The van der Waals surface area contributed by atoms with E-state index in [2.05, 4.69) is 15.6 Å². The van der Waals surface area contributed by atoms with Crippen molar-refractivity contribution in [3.63, 3.8) is 0 Å². The molecule has 0 atom stereocenters. The van der Waals surface area contributed by atoms with Crippen LogP contribution in [0.1, 0.15) is 25.8 Å². The smallest absolute Gasteiger partial charge is 0.224 e. The van der Waals surface area contributed by atoms with Crippen LogP contribution in [-0.2, 0) is 4.79 Å². The van der Waals surface area contributed by atoms with E-state index in [-0.39, 0.29) is 5.91 Å². The van der Waals surface area contributed by atoms with Crippen LogP contribution in [-0.4, -0.2) is 18.0 Å². The van der Waals surface area contributed by atoms with Crippen molar-refractivity contribution in [1.82, 2.24) is 4.98 Å². The van der Waals surface area contributed by atoms with Crippen molar-refractivity contribution in [3.05, 3.63) is 42.1 Å². The Morgan fingerprint density at radius 1 is 1.26 bits per heavy atom. The molecule has 5 nitrogen and oxygen atoms in total. The van der Waals surface area contributed by atoms with E-state index < -0.39 is 0 Å². The molecule has 0 aliphatic rings. The molecule has 1 aromatic carbocycles. The first-order chi connectivity index (χ1) is 11.0. The Labute approximate surface area is 137 Å². The van der Waals surface area contributed by atoms with Crippen molar-refractivity contribution in [2.75, 3.05) is 17.7 Å². The Hall–Kier alpha value is -2.56. The zero-order valence-electron chi connectivity index (χ0n) is 14.0. The summed E-state index contributed by atoms with van der Waals surface area (Å²) in [6, 6.07) is 9.56. The summed E-state index contributed by atoms with van der Waals surface area (Å²) in [7, 11) is 1.64. The number of amides is 1. The largest absolute Gasteiger partial charge is 0.495 e. The average molecular weight is 313 g/mol. The fraction of sp³-hybridized carbons (Fsp3) is 0.333. The van der Waals surface area contributed by atoms with Gasteiger partial charge in [0.1, 0.15) is 11.6 Å². The normalized spacial score (nSPS) is 10.5. The number of aryl methyl sites for hydroxylation is 1. The molecule has 0 bridgehead atoms. The minimum atomic E-state index is 0.00265. The fourth-order valence-corrected chi connectivity index (χ4v) is 2.18. The Kier molecular flexibility index (Phi) is 5.57. The molecule has 1 amide bonds. The molecule has 0 radical (unpaired) electrons. The van der Waals surface area contributed by atoms with Crippen molar-refractivity contribution in [3.8, 4) is 5.75 Å². The number of hydrogen-bond donors (Lipinski definition) is 2. The number of carbonyl (C=O) groups excluding carboxylic acids is 1. The molecule has 2 N–H and O–H groups in total. The topological polar surface area (TPSA) is 63.2 Å². The second-order valence-corrected chi connectivity index (χ2v) is 5.91. The number of nitrogens with zero attached hydrogens (tertiary/aromatic N) is 1. The molecule has 0 fully saturated rings. The Balaban J connectivity index is 2.06. The number of aromatic nitrogens is 1. The average Bonchev–Trinajstić information content (AvgIpc) is 2.48. The van der Waals surface area contributed by atoms with Gasteiger partial charge in [-0.3, -0.25) is 4.79 Å². The van der Waals surface area contributed by atoms with Crippen LogP contribution < -0.4 is 15.4 Å². The fourth-order valence-electron chi connectivity index (χ4n) is 2.18. The molecule has 2 rings (SSSR count). The molecule has 5 heteroatoms. The van der Waals surface area contributed by atoms with Gasteiger partial charge in [-0.1, -0.05) is 19.9 Å². The summed E-state index contributed by atoms with van der Waals surface area (Å²) in [5, 5.41) is 6.07. The monoisotopic (exact) mass is 313 g/mol. The number of pyridine rings is 1. The van der Waals surface area contributed by atoms with Gasteiger partial charge < -0.3 is 15.4 Å². The highest BCUT2D eigenvalue weighted by atomic mass is 16.5. The maximum absolute atomic E-state index is 11.7. The number of ether oxygens (including phenoxy) is 1. The quantitative estimate of drug-likeness (QED) is 0.842. The number of hydrogen-bond acceptors (Lipinski definition) is 4. The molecule has 0 aliphatic carbocycles. The SMILES string of the molecule is COc1ccc(C)cc1Nc1ccc(NC(=O)CC(C)C)cn1. The number of nitrogens with one attached hydrogen (secondary N) is 2. The summed E-state index contributed by atoms with van der Waals surface area (Å²) in [4.78, 5) is 16.1. The van der Waals surface area contributed by atoms with Gasteiger partial charge in [-0.15, -0.1) is 0 Å². The number of rotatable bonds is 6. The first-order valence-electron chi connectivity index (χ1n) is 7.65. The van der Waals surface area contributed by atoms with E-state index in [9.17, 15) is 4.79 Å². The molecule has 122 valence electrons. The van der Waals surface area contributed by atoms with Gasteiger partial charge >= 0.3 is 0 Å². The lowest BCUT2D eigenvalue weighted by atomic mass is 10.1. The molecule has 0 aliphatic heterocycles. The highest BCUT2D eigenvalue weighted by molar-refractivity contribution is 5.90. The lowest BCUT2D eigenvalue weighted by Crippen LogP contribution is -2.14. The highest BCUT2D eigenvalue weighted by Gasteiger charge is 2.07. The van der Waals surface area contributed by atoms with E-state index in [4.69, 9.17) is 4.74 Å². The third-order valence-electron chi connectivity index (χ3n) is 3.26. The van der Waals surface area contributed by atoms with Crippen molar-refractivity contribution < 1.29 is 9.53 Å². The number of methoxy groups -OCH3 is 1. The van der Waals surface area contributed by atoms with E-state index >= 15 is 0 Å². The lowest BCUT2D eigenvalue weighted by Gasteiger charge is -2.12. The Bertz CT molecular complexity index is 666. The van der Waals surface area contributed by atoms with Crippen LogP contribution in [0.15, 0.2) is 36.5 Å². The van der Waals surface area contributed by atoms with Crippen LogP contribution in [0.5, 0.6) is 5.75 Å². The standard InChI is InChI=1S/C18H23N3O2/c1-12(2)9-18(22)20-14-6-8-17(19-11-14)21-15-10-13(3)5-7-16(15)23-4/h5-8,10-12H,9H2,1-4H3,(H,19,21)(H,20,22). The molecule has 23 heavy (non-hydrogen) atoms. The van der Waals surface area contributed by atoms with Crippen molar-refractivity contribution in [1.29, 1.82) is 0 Å². The lowest BCUT2D eigenvalue weighted by molar-refractivity contribution is -0.116. The van der Waals surface area contributed by atoms with Gasteiger partial charge in [0.15, 0.2) is 0 Å². The van der Waals surface area contributed by atoms with Crippen molar-refractivity contribution >= 4 is 23.1 Å². The molecular formula is C18H23N3O2. The summed E-state index contributed by atoms with van der Waals surface area (Å²) in [5.41, 5.74) is 2.68. The Morgan fingerprint density at radius 3 is 2.65 bits per heavy atom. The van der Waals surface area contributed by atoms with Gasteiger partial charge in [0, 0.05) is 6.42 Å². The minimum absolute atomic E-state index is 0.00265. The van der Waals surface area contributed by atoms with Crippen LogP contribution in [0, 0.1) is 12.8 Å². The van der Waals surface area contributed by atoms with Gasteiger partial charge in [-0.05, 0) is 42.7 Å². The summed E-state index contributed by atoms with van der Waals surface area (Å²) >= 11 is 0. The Morgan fingerprint density at radius 2 is 2.04 bits per heavy atom. The first-order valence-corrected chi connectivity index (χ1v) is 7.65. The predicted molar refractivity (Wildman–Crippen MR) is 93.3 cm³/mol. The molecular weight excluding hydrogens is 290 g/mol. The van der Waals surface area contributed by atoms with E-state index in [1.54, 1.807) is 13.3 Å². The second-order valence-electron chi connectivity index (χ2n) is 5.91. The van der Waals surface area contributed by atoms with Gasteiger partial charge in [0.05, 0.1) is 24.7 Å². The summed E-state index contributed by atoms with van der Waals surface area (Å²) < 4.78 is 5.34. The van der Waals surface area contributed by atoms with Crippen LogP contribution >= 0.6 is 0 Å². The second kappa shape index (κ2) is 7.63. The first kappa shape index (κ1) is 16.8. The van der Waals surface area contributed by atoms with E-state index in [1.807, 2.05) is 51.1 Å².